The van der Waals surface area contributed by atoms with Crippen LogP contribution < -0.4 is 5.32 Å². The van der Waals surface area contributed by atoms with Crippen molar-refractivity contribution in [3.8, 4) is 0 Å². The topological polar surface area (TPSA) is 86.7 Å². The normalized spacial score (nSPS) is 11.2. The number of benzene rings is 4. The van der Waals surface area contributed by atoms with E-state index in [0.29, 0.717) is 23.2 Å². The Morgan fingerprint density at radius 1 is 0.711 bits per heavy atom. The molecule has 0 aliphatic rings. The summed E-state index contributed by atoms with van der Waals surface area (Å²) in [6, 6.07) is 25.0. The Hall–Kier alpha value is -4.92. The zero-order valence-corrected chi connectivity index (χ0v) is 24.9. The number of alkyl halides is 3. The highest BCUT2D eigenvalue weighted by atomic mass is 19.4. The van der Waals surface area contributed by atoms with Gasteiger partial charge in [-0.05, 0) is 83.6 Å². The fraction of sp³-hybridized carbons (Fsp3) is 0.250. The number of carbonyl (C=O) groups excluding carboxylic acids is 2. The lowest BCUT2D eigenvalue weighted by atomic mass is 10.1. The van der Waals surface area contributed by atoms with Crippen LogP contribution in [0, 0.1) is 0 Å². The smallest absolute Gasteiger partial charge is 0.416 e. The van der Waals surface area contributed by atoms with Crippen LogP contribution in [0.25, 0.3) is 0 Å². The molecule has 0 saturated heterocycles. The van der Waals surface area contributed by atoms with Gasteiger partial charge in [0.1, 0.15) is 0 Å². The van der Waals surface area contributed by atoms with E-state index >= 15 is 0 Å². The second-order valence-corrected chi connectivity index (χ2v) is 10.9. The van der Waals surface area contributed by atoms with Crippen LogP contribution in [0.15, 0.2) is 97.1 Å². The molecule has 0 atom stereocenters. The third kappa shape index (κ3) is 9.53. The number of hydrogen-bond acceptors (Lipinski definition) is 3. The maximum absolute atomic E-state index is 13.5. The number of rotatable bonds is 13. The molecular formula is C36H35F3N2O4. The number of unbranched alkanes of at least 4 members (excludes halogenated alkanes) is 2. The molecule has 9 heteroatoms. The van der Waals surface area contributed by atoms with Gasteiger partial charge in [0.2, 0.25) is 0 Å². The van der Waals surface area contributed by atoms with Crippen LogP contribution in [0.3, 0.4) is 0 Å². The van der Waals surface area contributed by atoms with E-state index in [4.69, 9.17) is 0 Å². The highest BCUT2D eigenvalue weighted by Gasteiger charge is 2.30. The molecule has 0 fully saturated rings. The maximum Gasteiger partial charge on any atom is 0.416 e. The van der Waals surface area contributed by atoms with E-state index in [9.17, 15) is 32.7 Å². The van der Waals surface area contributed by atoms with Crippen LogP contribution in [-0.4, -0.2) is 27.8 Å². The van der Waals surface area contributed by atoms with E-state index in [-0.39, 0.29) is 30.1 Å². The molecule has 0 aromatic heterocycles. The van der Waals surface area contributed by atoms with Gasteiger partial charge in [-0.25, -0.2) is 4.79 Å². The molecule has 0 bridgehead atoms. The molecule has 2 N–H and O–H groups in total. The van der Waals surface area contributed by atoms with Gasteiger partial charge in [0.05, 0.1) is 11.1 Å². The largest absolute Gasteiger partial charge is 0.478 e. The zero-order valence-electron chi connectivity index (χ0n) is 24.9. The monoisotopic (exact) mass is 616 g/mol. The van der Waals surface area contributed by atoms with Crippen molar-refractivity contribution in [1.29, 1.82) is 0 Å². The summed E-state index contributed by atoms with van der Waals surface area (Å²) in [6.45, 7) is 2.64. The standard InChI is InChI=1S/C36H35F3N2O4/c1-2-3-4-6-25-9-11-26(12-10-25)22-40-33(42)29-15-13-27(14-16-29)23-41(24-28-7-5-8-31(21-28)35(44)45)34(43)30-17-19-32(20-18-30)36(37,38)39/h5,7-21H,2-4,6,22-24H2,1H3,(H,40,42)(H,44,45). The lowest BCUT2D eigenvalue weighted by Gasteiger charge is -2.24. The van der Waals surface area contributed by atoms with Crippen molar-refractivity contribution in [3.05, 3.63) is 142 Å². The molecule has 6 nitrogen and oxygen atoms in total. The van der Waals surface area contributed by atoms with Crippen LogP contribution >= 0.6 is 0 Å². The molecule has 4 rings (SSSR count). The van der Waals surface area contributed by atoms with Crippen LogP contribution in [0.1, 0.15) is 85.1 Å². The number of carbonyl (C=O) groups is 3. The second-order valence-electron chi connectivity index (χ2n) is 10.9. The molecule has 0 aliphatic heterocycles. The van der Waals surface area contributed by atoms with Crippen molar-refractivity contribution >= 4 is 17.8 Å². The van der Waals surface area contributed by atoms with Crippen LogP contribution in [0.2, 0.25) is 0 Å². The molecule has 0 spiro atoms. The Balaban J connectivity index is 1.45. The maximum atomic E-state index is 13.5. The van der Waals surface area contributed by atoms with Gasteiger partial charge in [0.25, 0.3) is 11.8 Å². The zero-order chi connectivity index (χ0) is 32.4. The first-order chi connectivity index (χ1) is 21.5. The predicted octanol–water partition coefficient (Wildman–Crippen LogP) is 7.91. The van der Waals surface area contributed by atoms with Crippen molar-refractivity contribution in [1.82, 2.24) is 10.2 Å². The lowest BCUT2D eigenvalue weighted by Crippen LogP contribution is -2.30. The van der Waals surface area contributed by atoms with E-state index in [1.54, 1.807) is 36.4 Å². The van der Waals surface area contributed by atoms with Gasteiger partial charge in [0.15, 0.2) is 0 Å². The van der Waals surface area contributed by atoms with Crippen LogP contribution in [0.4, 0.5) is 13.2 Å². The van der Waals surface area contributed by atoms with E-state index < -0.39 is 23.6 Å². The number of amides is 2. The minimum absolute atomic E-state index is 0.0145. The number of nitrogens with one attached hydrogen (secondary N) is 1. The van der Waals surface area contributed by atoms with Gasteiger partial charge >= 0.3 is 12.1 Å². The van der Waals surface area contributed by atoms with Gasteiger partial charge < -0.3 is 15.3 Å². The summed E-state index contributed by atoms with van der Waals surface area (Å²) < 4.78 is 39.2. The summed E-state index contributed by atoms with van der Waals surface area (Å²) in [5.74, 6) is -1.90. The number of aryl methyl sites for hydroxylation is 1. The molecule has 45 heavy (non-hydrogen) atoms. The summed E-state index contributed by atoms with van der Waals surface area (Å²) in [4.78, 5) is 39.2. The average molecular weight is 617 g/mol. The van der Waals surface area contributed by atoms with Crippen molar-refractivity contribution in [2.24, 2.45) is 0 Å². The summed E-state index contributed by atoms with van der Waals surface area (Å²) in [6.07, 6.45) is 0.0272. The second kappa shape index (κ2) is 15.2. The third-order valence-corrected chi connectivity index (χ3v) is 7.43. The van der Waals surface area contributed by atoms with Gasteiger partial charge in [-0.2, -0.15) is 13.2 Å². The molecule has 0 heterocycles. The highest BCUT2D eigenvalue weighted by Crippen LogP contribution is 2.29. The molecule has 0 saturated carbocycles. The number of carboxylic acid groups (broad SMARTS) is 1. The van der Waals surface area contributed by atoms with E-state index in [0.717, 1.165) is 42.7 Å². The number of carboxylic acids is 1. The van der Waals surface area contributed by atoms with Gasteiger partial charge in [-0.3, -0.25) is 9.59 Å². The van der Waals surface area contributed by atoms with E-state index in [1.165, 1.54) is 35.4 Å². The fourth-order valence-corrected chi connectivity index (χ4v) is 4.88. The third-order valence-electron chi connectivity index (χ3n) is 7.43. The first kappa shape index (κ1) is 33.0. The van der Waals surface area contributed by atoms with E-state index in [2.05, 4.69) is 24.4 Å². The average Bonchev–Trinajstić information content (AvgIpc) is 3.04. The predicted molar refractivity (Wildman–Crippen MR) is 166 cm³/mol. The molecule has 4 aromatic rings. The van der Waals surface area contributed by atoms with Crippen molar-refractivity contribution in [2.45, 2.75) is 58.4 Å². The van der Waals surface area contributed by atoms with Gasteiger partial charge in [-0.1, -0.05) is 68.3 Å². The van der Waals surface area contributed by atoms with Crippen molar-refractivity contribution < 1.29 is 32.7 Å². The molecule has 4 aromatic carbocycles. The molecule has 0 aliphatic carbocycles. The van der Waals surface area contributed by atoms with E-state index in [1.807, 2.05) is 12.1 Å². The van der Waals surface area contributed by atoms with Gasteiger partial charge in [0, 0.05) is 30.8 Å². The number of hydrogen-bond donors (Lipinski definition) is 2. The summed E-state index contributed by atoms with van der Waals surface area (Å²) in [5.41, 5.74) is 3.16. The fourth-order valence-electron chi connectivity index (χ4n) is 4.88. The lowest BCUT2D eigenvalue weighted by molar-refractivity contribution is -0.137. The Morgan fingerprint density at radius 2 is 1.31 bits per heavy atom. The quantitative estimate of drug-likeness (QED) is 0.150. The van der Waals surface area contributed by atoms with Gasteiger partial charge in [-0.15, -0.1) is 0 Å². The Morgan fingerprint density at radius 3 is 1.93 bits per heavy atom. The molecular weight excluding hydrogens is 581 g/mol. The number of halogens is 3. The summed E-state index contributed by atoms with van der Waals surface area (Å²) >= 11 is 0. The number of nitrogens with zero attached hydrogens (tertiary/aromatic N) is 1. The van der Waals surface area contributed by atoms with Crippen LogP contribution in [0.5, 0.6) is 0 Å². The van der Waals surface area contributed by atoms with Crippen LogP contribution in [-0.2, 0) is 32.2 Å². The summed E-state index contributed by atoms with van der Waals surface area (Å²) in [7, 11) is 0. The summed E-state index contributed by atoms with van der Waals surface area (Å²) in [5, 5.41) is 12.3. The van der Waals surface area contributed by atoms with Crippen molar-refractivity contribution in [3.63, 3.8) is 0 Å². The Labute approximate surface area is 260 Å². The first-order valence-electron chi connectivity index (χ1n) is 14.8. The number of aromatic carboxylic acids is 1. The first-order valence-corrected chi connectivity index (χ1v) is 14.8. The Kier molecular flexibility index (Phi) is 11.1. The molecule has 0 unspecified atom stereocenters. The highest BCUT2D eigenvalue weighted by molar-refractivity contribution is 5.95. The van der Waals surface area contributed by atoms with Crippen molar-refractivity contribution in [2.75, 3.05) is 0 Å². The SMILES string of the molecule is CCCCCc1ccc(CNC(=O)c2ccc(CN(Cc3cccc(C(=O)O)c3)C(=O)c3ccc(C(F)(F)F)cc3)cc2)cc1. The molecule has 0 radical (unpaired) electrons. The molecule has 2 amide bonds. The molecule has 234 valence electrons. The minimum Gasteiger partial charge on any atom is -0.478 e. The Bertz CT molecular complexity index is 1600. The minimum atomic E-state index is -4.54.